The second-order valence-corrected chi connectivity index (χ2v) is 9.61. The van der Waals surface area contributed by atoms with E-state index in [9.17, 15) is 14.4 Å². The number of hydrogen-bond donors (Lipinski definition) is 0. The van der Waals surface area contributed by atoms with E-state index in [-0.39, 0.29) is 19.0 Å². The molecule has 1 heterocycles. The van der Waals surface area contributed by atoms with Crippen molar-refractivity contribution in [3.05, 3.63) is 104 Å². The van der Waals surface area contributed by atoms with Gasteiger partial charge in [-0.15, -0.1) is 0 Å². The fraction of sp³-hybridized carbons (Fsp3) is 0.229. The zero-order valence-electron chi connectivity index (χ0n) is 23.9. The van der Waals surface area contributed by atoms with E-state index in [4.69, 9.17) is 23.4 Å². The minimum atomic E-state index is -0.534. The average molecular weight is 583 g/mol. The molecule has 0 unspecified atom stereocenters. The number of carbonyl (C=O) groups excluding carboxylic acids is 3. The highest BCUT2D eigenvalue weighted by Crippen LogP contribution is 2.30. The van der Waals surface area contributed by atoms with Crippen LogP contribution in [-0.2, 0) is 23.8 Å². The molecule has 0 saturated carbocycles. The van der Waals surface area contributed by atoms with Gasteiger partial charge < -0.3 is 23.4 Å². The second-order valence-electron chi connectivity index (χ2n) is 9.61. The predicted octanol–water partition coefficient (Wildman–Crippen LogP) is 7.32. The monoisotopic (exact) mass is 582 g/mol. The van der Waals surface area contributed by atoms with Gasteiger partial charge in [-0.25, -0.2) is 14.4 Å². The van der Waals surface area contributed by atoms with Gasteiger partial charge in [-0.2, -0.15) is 0 Å². The van der Waals surface area contributed by atoms with Crippen molar-refractivity contribution < 1.29 is 37.7 Å². The molecular formula is C35H34O8. The summed E-state index contributed by atoms with van der Waals surface area (Å²) >= 11 is 0. The number of carbonyl (C=O) groups is 3. The molecule has 0 aliphatic carbocycles. The van der Waals surface area contributed by atoms with Crippen molar-refractivity contribution in [1.29, 1.82) is 0 Å². The maximum atomic E-state index is 12.4. The summed E-state index contributed by atoms with van der Waals surface area (Å²) in [5.41, 5.74) is 4.71. The highest BCUT2D eigenvalue weighted by molar-refractivity contribution is 5.94. The van der Waals surface area contributed by atoms with Crippen LogP contribution >= 0.6 is 0 Å². The summed E-state index contributed by atoms with van der Waals surface area (Å²) in [6.45, 7) is 8.05. The fourth-order valence-corrected chi connectivity index (χ4v) is 4.21. The largest absolute Gasteiger partial charge is 0.494 e. The second kappa shape index (κ2) is 15.8. The molecule has 222 valence electrons. The third-order valence-electron chi connectivity index (χ3n) is 6.53. The third-order valence-corrected chi connectivity index (χ3v) is 6.53. The Morgan fingerprint density at radius 2 is 1.09 bits per heavy atom. The summed E-state index contributed by atoms with van der Waals surface area (Å²) < 4.78 is 26.7. The van der Waals surface area contributed by atoms with Crippen molar-refractivity contribution in [2.75, 3.05) is 26.4 Å². The number of rotatable bonds is 16. The van der Waals surface area contributed by atoms with Gasteiger partial charge in [0.2, 0.25) is 5.76 Å². The number of hydrogen-bond acceptors (Lipinski definition) is 8. The van der Waals surface area contributed by atoms with Crippen LogP contribution in [-0.4, -0.2) is 44.3 Å². The lowest BCUT2D eigenvalue weighted by Gasteiger charge is -2.08. The van der Waals surface area contributed by atoms with Gasteiger partial charge in [0.15, 0.2) is 0 Å². The predicted molar refractivity (Wildman–Crippen MR) is 164 cm³/mol. The van der Waals surface area contributed by atoms with E-state index < -0.39 is 17.9 Å². The SMILES string of the molecule is C=CC(=O)OCCCCOC(=O)c1cc2ccc(-c3ccc(-c4ccc(OCCCCOC(=O)C=C)cc4)cc3)cc2o1. The topological polar surface area (TPSA) is 101 Å². The average Bonchev–Trinajstić information content (AvgIpc) is 3.48. The quantitative estimate of drug-likeness (QED) is 0.0586. The number of furan rings is 1. The molecule has 0 N–H and O–H groups in total. The Kier molecular flexibility index (Phi) is 11.3. The Morgan fingerprint density at radius 3 is 1.67 bits per heavy atom. The molecule has 4 aromatic rings. The number of fused-ring (bicyclic) bond motifs is 1. The van der Waals surface area contributed by atoms with Crippen LogP contribution in [0.2, 0.25) is 0 Å². The van der Waals surface area contributed by atoms with Crippen molar-refractivity contribution in [2.24, 2.45) is 0 Å². The molecule has 3 aromatic carbocycles. The van der Waals surface area contributed by atoms with E-state index in [0.717, 1.165) is 58.4 Å². The van der Waals surface area contributed by atoms with E-state index in [1.54, 1.807) is 6.07 Å². The van der Waals surface area contributed by atoms with Gasteiger partial charge >= 0.3 is 17.9 Å². The van der Waals surface area contributed by atoms with Crippen molar-refractivity contribution in [3.63, 3.8) is 0 Å². The van der Waals surface area contributed by atoms with Crippen LogP contribution in [0.5, 0.6) is 5.75 Å². The van der Waals surface area contributed by atoms with Crippen LogP contribution in [0, 0.1) is 0 Å². The van der Waals surface area contributed by atoms with E-state index in [2.05, 4.69) is 25.3 Å². The maximum Gasteiger partial charge on any atom is 0.374 e. The van der Waals surface area contributed by atoms with Crippen LogP contribution in [0.25, 0.3) is 33.2 Å². The number of esters is 3. The van der Waals surface area contributed by atoms with Gasteiger partial charge in [0.1, 0.15) is 11.3 Å². The van der Waals surface area contributed by atoms with Crippen molar-refractivity contribution >= 4 is 28.9 Å². The summed E-state index contributed by atoms with van der Waals surface area (Å²) in [5.74, 6) is -0.491. The Balaban J connectivity index is 1.27. The number of ether oxygens (including phenoxy) is 4. The highest BCUT2D eigenvalue weighted by atomic mass is 16.5. The van der Waals surface area contributed by atoms with E-state index >= 15 is 0 Å². The van der Waals surface area contributed by atoms with E-state index in [0.29, 0.717) is 31.6 Å². The van der Waals surface area contributed by atoms with Crippen molar-refractivity contribution in [2.45, 2.75) is 25.7 Å². The summed E-state index contributed by atoms with van der Waals surface area (Å²) in [6.07, 6.45) is 4.91. The Bertz CT molecular complexity index is 1550. The lowest BCUT2D eigenvalue weighted by molar-refractivity contribution is -0.138. The van der Waals surface area contributed by atoms with Crippen LogP contribution < -0.4 is 4.74 Å². The molecule has 0 spiro atoms. The molecule has 4 rings (SSSR count). The molecule has 43 heavy (non-hydrogen) atoms. The fourth-order valence-electron chi connectivity index (χ4n) is 4.21. The zero-order chi connectivity index (χ0) is 30.4. The number of benzene rings is 3. The molecule has 0 fully saturated rings. The molecule has 8 heteroatoms. The van der Waals surface area contributed by atoms with Gasteiger partial charge in [-0.3, -0.25) is 0 Å². The molecule has 0 saturated heterocycles. The van der Waals surface area contributed by atoms with Gasteiger partial charge in [0.05, 0.1) is 26.4 Å². The maximum absolute atomic E-state index is 12.4. The summed E-state index contributed by atoms with van der Waals surface area (Å²) in [7, 11) is 0. The van der Waals surface area contributed by atoms with Crippen LogP contribution in [0.3, 0.4) is 0 Å². The standard InChI is InChI=1S/C35H34O8/c1-3-33(36)40-20-6-5-19-39-30-17-15-26(16-18-30)25-9-11-27(12-10-25)28-13-14-29-24-32(43-31(29)23-28)35(38)42-22-8-7-21-41-34(37)4-2/h3-4,9-18,23-24H,1-2,5-8,19-22H2. The summed E-state index contributed by atoms with van der Waals surface area (Å²) in [5, 5.41) is 0.807. The first-order valence-corrected chi connectivity index (χ1v) is 14.1. The Morgan fingerprint density at radius 1 is 0.605 bits per heavy atom. The van der Waals surface area contributed by atoms with Crippen LogP contribution in [0.1, 0.15) is 36.2 Å². The lowest BCUT2D eigenvalue weighted by atomic mass is 10.00. The van der Waals surface area contributed by atoms with Gasteiger partial charge in [-0.05, 0) is 72.2 Å². The first-order chi connectivity index (χ1) is 21.0. The first kappa shape index (κ1) is 30.8. The molecule has 0 atom stereocenters. The Hall–Kier alpha value is -5.11. The van der Waals surface area contributed by atoms with Gasteiger partial charge in [-0.1, -0.05) is 61.7 Å². The minimum absolute atomic E-state index is 0.141. The molecule has 0 radical (unpaired) electrons. The van der Waals surface area contributed by atoms with Crippen LogP contribution in [0.15, 0.2) is 103 Å². The van der Waals surface area contributed by atoms with Crippen molar-refractivity contribution in [3.8, 4) is 28.0 Å². The smallest absolute Gasteiger partial charge is 0.374 e. The molecule has 0 aliphatic rings. The number of unbranched alkanes of at least 4 members (excludes halogenated alkanes) is 2. The Labute approximate surface area is 250 Å². The van der Waals surface area contributed by atoms with Gasteiger partial charge in [0.25, 0.3) is 0 Å². The van der Waals surface area contributed by atoms with E-state index in [1.807, 2.05) is 54.6 Å². The molecular weight excluding hydrogens is 548 g/mol. The van der Waals surface area contributed by atoms with Crippen molar-refractivity contribution in [1.82, 2.24) is 0 Å². The zero-order valence-corrected chi connectivity index (χ0v) is 23.9. The summed E-state index contributed by atoms with van der Waals surface area (Å²) in [6, 6.07) is 23.6. The summed E-state index contributed by atoms with van der Waals surface area (Å²) in [4.78, 5) is 34.5. The van der Waals surface area contributed by atoms with Gasteiger partial charge in [0, 0.05) is 17.5 Å². The lowest BCUT2D eigenvalue weighted by Crippen LogP contribution is -2.07. The van der Waals surface area contributed by atoms with E-state index in [1.165, 1.54) is 0 Å². The normalized spacial score (nSPS) is 10.6. The minimum Gasteiger partial charge on any atom is -0.494 e. The first-order valence-electron chi connectivity index (χ1n) is 14.1. The molecule has 0 bridgehead atoms. The molecule has 0 aliphatic heterocycles. The molecule has 8 nitrogen and oxygen atoms in total. The van der Waals surface area contributed by atoms with Crippen LogP contribution in [0.4, 0.5) is 0 Å². The third kappa shape index (κ3) is 9.19. The molecule has 1 aromatic heterocycles. The molecule has 0 amide bonds. The highest BCUT2D eigenvalue weighted by Gasteiger charge is 2.14.